The molecule has 0 aliphatic carbocycles. The van der Waals surface area contributed by atoms with E-state index in [2.05, 4.69) is 10.4 Å². The standard InChI is InChI=1S/C18H22F2N4O3/c1-11(2)21-17(25)24-16(14-7-6-12(19)9-15(14)20)22-23(18(24)26)10-13-5-3-4-8-27-13/h6-7,9,11,13H,3-5,8,10H2,1-2H3,(H,21,25). The van der Waals surface area contributed by atoms with Gasteiger partial charge in [0.05, 0.1) is 18.2 Å². The van der Waals surface area contributed by atoms with E-state index >= 15 is 0 Å². The molecule has 146 valence electrons. The van der Waals surface area contributed by atoms with Crippen molar-refractivity contribution >= 4 is 6.03 Å². The summed E-state index contributed by atoms with van der Waals surface area (Å²) in [5.41, 5.74) is -0.822. The van der Waals surface area contributed by atoms with Gasteiger partial charge in [-0.15, -0.1) is 5.10 Å². The molecular weight excluding hydrogens is 358 g/mol. The van der Waals surface area contributed by atoms with Crippen LogP contribution in [0.3, 0.4) is 0 Å². The van der Waals surface area contributed by atoms with Crippen LogP contribution in [0, 0.1) is 11.6 Å². The molecule has 2 heterocycles. The fraction of sp³-hybridized carbons (Fsp3) is 0.500. The van der Waals surface area contributed by atoms with Gasteiger partial charge in [0.2, 0.25) is 0 Å². The smallest absolute Gasteiger partial charge is 0.354 e. The van der Waals surface area contributed by atoms with Crippen LogP contribution in [0.15, 0.2) is 23.0 Å². The summed E-state index contributed by atoms with van der Waals surface area (Å²) in [6.45, 7) is 4.24. The molecule has 0 bridgehead atoms. The van der Waals surface area contributed by atoms with E-state index in [-0.39, 0.29) is 30.1 Å². The van der Waals surface area contributed by atoms with Crippen molar-refractivity contribution in [2.45, 2.75) is 51.8 Å². The Balaban J connectivity index is 2.05. The van der Waals surface area contributed by atoms with Crippen LogP contribution in [0.25, 0.3) is 11.4 Å². The molecule has 1 aromatic carbocycles. The summed E-state index contributed by atoms with van der Waals surface area (Å²) in [6.07, 6.45) is 2.52. The Morgan fingerprint density at radius 3 is 2.78 bits per heavy atom. The Kier molecular flexibility index (Phi) is 5.69. The quantitative estimate of drug-likeness (QED) is 0.884. The van der Waals surface area contributed by atoms with E-state index in [1.807, 2.05) is 0 Å². The van der Waals surface area contributed by atoms with Gasteiger partial charge in [0, 0.05) is 18.7 Å². The van der Waals surface area contributed by atoms with Gasteiger partial charge in [-0.05, 0) is 45.2 Å². The van der Waals surface area contributed by atoms with Crippen LogP contribution >= 0.6 is 0 Å². The summed E-state index contributed by atoms with van der Waals surface area (Å²) in [6, 6.07) is 1.95. The van der Waals surface area contributed by atoms with Crippen molar-refractivity contribution in [2.24, 2.45) is 0 Å². The van der Waals surface area contributed by atoms with Crippen molar-refractivity contribution in [1.82, 2.24) is 19.7 Å². The van der Waals surface area contributed by atoms with Gasteiger partial charge in [-0.25, -0.2) is 23.1 Å². The third-order valence-corrected chi connectivity index (χ3v) is 4.28. The normalized spacial score (nSPS) is 17.3. The molecule has 1 aromatic heterocycles. The molecule has 1 aliphatic rings. The number of nitrogens with one attached hydrogen (secondary N) is 1. The lowest BCUT2D eigenvalue weighted by atomic mass is 10.1. The van der Waals surface area contributed by atoms with Crippen LogP contribution in [-0.4, -0.2) is 39.1 Å². The number of amides is 1. The lowest BCUT2D eigenvalue weighted by molar-refractivity contribution is 0.00333. The predicted octanol–water partition coefficient (Wildman–Crippen LogP) is 2.53. The molecule has 1 amide bonds. The minimum Gasteiger partial charge on any atom is -0.376 e. The van der Waals surface area contributed by atoms with E-state index in [0.29, 0.717) is 12.7 Å². The zero-order chi connectivity index (χ0) is 19.6. The highest BCUT2D eigenvalue weighted by Crippen LogP contribution is 2.21. The van der Waals surface area contributed by atoms with E-state index in [1.54, 1.807) is 13.8 Å². The predicted molar refractivity (Wildman–Crippen MR) is 94.5 cm³/mol. The van der Waals surface area contributed by atoms with E-state index < -0.39 is 23.4 Å². The lowest BCUT2D eigenvalue weighted by Gasteiger charge is -2.21. The largest absolute Gasteiger partial charge is 0.376 e. The molecule has 27 heavy (non-hydrogen) atoms. The number of halogens is 2. The zero-order valence-electron chi connectivity index (χ0n) is 15.2. The highest BCUT2D eigenvalue weighted by Gasteiger charge is 2.25. The monoisotopic (exact) mass is 380 g/mol. The number of hydrogen-bond donors (Lipinski definition) is 1. The van der Waals surface area contributed by atoms with Crippen LogP contribution in [0.1, 0.15) is 33.1 Å². The summed E-state index contributed by atoms with van der Waals surface area (Å²) in [7, 11) is 0. The van der Waals surface area contributed by atoms with Gasteiger partial charge in [0.15, 0.2) is 5.82 Å². The highest BCUT2D eigenvalue weighted by atomic mass is 19.1. The number of benzene rings is 1. The second-order valence-electron chi connectivity index (χ2n) is 6.84. The molecule has 1 aliphatic heterocycles. The Labute approximate surface area is 154 Å². The fourth-order valence-electron chi connectivity index (χ4n) is 3.01. The topological polar surface area (TPSA) is 78.2 Å². The maximum atomic E-state index is 14.3. The van der Waals surface area contributed by atoms with Crippen molar-refractivity contribution in [3.05, 3.63) is 40.3 Å². The zero-order valence-corrected chi connectivity index (χ0v) is 15.2. The molecule has 0 radical (unpaired) electrons. The van der Waals surface area contributed by atoms with E-state index in [9.17, 15) is 18.4 Å². The van der Waals surface area contributed by atoms with Gasteiger partial charge < -0.3 is 10.1 Å². The number of aromatic nitrogens is 3. The van der Waals surface area contributed by atoms with Gasteiger partial charge >= 0.3 is 11.7 Å². The van der Waals surface area contributed by atoms with Crippen molar-refractivity contribution in [3.63, 3.8) is 0 Å². The molecular formula is C18H22F2N4O3. The summed E-state index contributed by atoms with van der Waals surface area (Å²) in [5, 5.41) is 6.76. The van der Waals surface area contributed by atoms with Gasteiger partial charge in [-0.1, -0.05) is 0 Å². The maximum absolute atomic E-state index is 14.3. The first-order valence-corrected chi connectivity index (χ1v) is 8.94. The molecule has 9 heteroatoms. The molecule has 1 atom stereocenters. The van der Waals surface area contributed by atoms with Crippen LogP contribution in [0.5, 0.6) is 0 Å². The molecule has 1 N–H and O–H groups in total. The minimum absolute atomic E-state index is 0.129. The number of rotatable bonds is 4. The van der Waals surface area contributed by atoms with E-state index in [1.165, 1.54) is 0 Å². The average molecular weight is 380 g/mol. The molecule has 2 aromatic rings. The first kappa shape index (κ1) is 19.2. The molecule has 0 saturated carbocycles. The minimum atomic E-state index is -0.903. The number of carbonyl (C=O) groups excluding carboxylic acids is 1. The number of nitrogens with zero attached hydrogens (tertiary/aromatic N) is 3. The fourth-order valence-corrected chi connectivity index (χ4v) is 3.01. The summed E-state index contributed by atoms with van der Waals surface area (Å²) >= 11 is 0. The van der Waals surface area contributed by atoms with Gasteiger partial charge in [0.1, 0.15) is 11.6 Å². The first-order chi connectivity index (χ1) is 12.9. The Morgan fingerprint density at radius 1 is 1.37 bits per heavy atom. The van der Waals surface area contributed by atoms with E-state index in [0.717, 1.165) is 40.6 Å². The van der Waals surface area contributed by atoms with Gasteiger partial charge in [-0.3, -0.25) is 0 Å². The number of hydrogen-bond acceptors (Lipinski definition) is 4. The molecule has 7 nitrogen and oxygen atoms in total. The number of ether oxygens (including phenoxy) is 1. The van der Waals surface area contributed by atoms with E-state index in [4.69, 9.17) is 4.74 Å². The first-order valence-electron chi connectivity index (χ1n) is 8.94. The van der Waals surface area contributed by atoms with Crippen molar-refractivity contribution in [3.8, 4) is 11.4 Å². The molecule has 0 spiro atoms. The summed E-state index contributed by atoms with van der Waals surface area (Å²) in [4.78, 5) is 25.3. The second-order valence-corrected chi connectivity index (χ2v) is 6.84. The Morgan fingerprint density at radius 2 is 2.15 bits per heavy atom. The summed E-state index contributed by atoms with van der Waals surface area (Å²) < 4.78 is 35.0. The second kappa shape index (κ2) is 7.99. The molecule has 1 unspecified atom stereocenters. The Hall–Kier alpha value is -2.55. The van der Waals surface area contributed by atoms with Crippen molar-refractivity contribution in [2.75, 3.05) is 6.61 Å². The van der Waals surface area contributed by atoms with Crippen LogP contribution in [0.2, 0.25) is 0 Å². The van der Waals surface area contributed by atoms with Crippen molar-refractivity contribution < 1.29 is 18.3 Å². The SMILES string of the molecule is CC(C)NC(=O)n1c(-c2ccc(F)cc2F)nn(CC2CCCCO2)c1=O. The van der Waals surface area contributed by atoms with Crippen LogP contribution in [0.4, 0.5) is 13.6 Å². The van der Waals surface area contributed by atoms with Crippen molar-refractivity contribution in [1.29, 1.82) is 0 Å². The van der Waals surface area contributed by atoms with Crippen LogP contribution in [-0.2, 0) is 11.3 Å². The van der Waals surface area contributed by atoms with Gasteiger partial charge in [0.25, 0.3) is 0 Å². The maximum Gasteiger partial charge on any atom is 0.354 e. The highest BCUT2D eigenvalue weighted by molar-refractivity contribution is 5.81. The Bertz CT molecular complexity index is 885. The molecule has 1 fully saturated rings. The summed E-state index contributed by atoms with van der Waals surface area (Å²) in [5.74, 6) is -1.84. The third-order valence-electron chi connectivity index (χ3n) is 4.28. The average Bonchev–Trinajstić information content (AvgIpc) is 2.91. The molecule has 3 rings (SSSR count). The van der Waals surface area contributed by atoms with Crippen LogP contribution < -0.4 is 11.0 Å². The number of carbonyl (C=O) groups is 1. The third kappa shape index (κ3) is 4.24. The molecule has 1 saturated heterocycles. The lowest BCUT2D eigenvalue weighted by Crippen LogP contribution is -2.41. The van der Waals surface area contributed by atoms with Gasteiger partial charge in [-0.2, -0.15) is 4.57 Å².